The molecule has 2 heterocycles. The van der Waals surface area contributed by atoms with Crippen molar-refractivity contribution in [3.63, 3.8) is 0 Å². The van der Waals surface area contributed by atoms with Gasteiger partial charge in [0.2, 0.25) is 0 Å². The van der Waals surface area contributed by atoms with Gasteiger partial charge >= 0.3 is 0 Å². The molecule has 0 fully saturated rings. The van der Waals surface area contributed by atoms with E-state index in [0.717, 1.165) is 17.8 Å². The standard InChI is InChI=1S/C12H16N4O/c1-4-16-8-10(7-13-16)6-12(17)11-5-9(2)14-15(11)3/h5,7-8H,4,6H2,1-3H3. The van der Waals surface area contributed by atoms with Crippen molar-refractivity contribution in [1.29, 1.82) is 0 Å². The van der Waals surface area contributed by atoms with Crippen LogP contribution in [0.4, 0.5) is 0 Å². The smallest absolute Gasteiger partial charge is 0.185 e. The third kappa shape index (κ3) is 2.43. The van der Waals surface area contributed by atoms with Crippen LogP contribution in [0, 0.1) is 6.92 Å². The topological polar surface area (TPSA) is 52.7 Å². The van der Waals surface area contributed by atoms with Crippen LogP contribution in [-0.4, -0.2) is 25.3 Å². The fourth-order valence-electron chi connectivity index (χ4n) is 1.82. The first-order chi connectivity index (χ1) is 8.10. The van der Waals surface area contributed by atoms with E-state index in [1.54, 1.807) is 17.9 Å². The monoisotopic (exact) mass is 232 g/mol. The molecule has 0 saturated heterocycles. The average Bonchev–Trinajstić information content (AvgIpc) is 2.85. The second-order valence-corrected chi connectivity index (χ2v) is 4.10. The molecule has 0 N–H and O–H groups in total. The maximum Gasteiger partial charge on any atom is 0.185 e. The minimum atomic E-state index is 0.0729. The Morgan fingerprint density at radius 1 is 1.47 bits per heavy atom. The van der Waals surface area contributed by atoms with Gasteiger partial charge in [-0.3, -0.25) is 14.2 Å². The van der Waals surface area contributed by atoms with Crippen molar-refractivity contribution in [3.8, 4) is 0 Å². The molecule has 0 spiro atoms. The van der Waals surface area contributed by atoms with Crippen molar-refractivity contribution in [2.24, 2.45) is 7.05 Å². The van der Waals surface area contributed by atoms with Crippen LogP contribution in [-0.2, 0) is 20.0 Å². The number of aryl methyl sites for hydroxylation is 3. The largest absolute Gasteiger partial charge is 0.292 e. The number of aromatic nitrogens is 4. The molecule has 2 aromatic heterocycles. The molecule has 0 aliphatic carbocycles. The number of ketones is 1. The average molecular weight is 232 g/mol. The van der Waals surface area contributed by atoms with Crippen LogP contribution in [0.5, 0.6) is 0 Å². The van der Waals surface area contributed by atoms with Gasteiger partial charge in [-0.1, -0.05) is 0 Å². The molecular formula is C12H16N4O. The number of rotatable bonds is 4. The van der Waals surface area contributed by atoms with E-state index in [-0.39, 0.29) is 5.78 Å². The maximum atomic E-state index is 12.0. The van der Waals surface area contributed by atoms with Crippen LogP contribution in [0.15, 0.2) is 18.5 Å². The summed E-state index contributed by atoms with van der Waals surface area (Å²) < 4.78 is 3.44. The number of hydrogen-bond donors (Lipinski definition) is 0. The van der Waals surface area contributed by atoms with Gasteiger partial charge in [0.1, 0.15) is 5.69 Å². The predicted octanol–water partition coefficient (Wildman–Crippen LogP) is 1.37. The van der Waals surface area contributed by atoms with Crippen molar-refractivity contribution in [1.82, 2.24) is 19.6 Å². The molecular weight excluding hydrogens is 216 g/mol. The normalized spacial score (nSPS) is 10.8. The highest BCUT2D eigenvalue weighted by molar-refractivity contribution is 5.96. The molecule has 90 valence electrons. The molecule has 0 aliphatic heterocycles. The molecule has 5 heteroatoms. The number of carbonyl (C=O) groups is 1. The summed E-state index contributed by atoms with van der Waals surface area (Å²) >= 11 is 0. The van der Waals surface area contributed by atoms with Gasteiger partial charge in [-0.2, -0.15) is 10.2 Å². The van der Waals surface area contributed by atoms with Crippen LogP contribution >= 0.6 is 0 Å². The van der Waals surface area contributed by atoms with Gasteiger partial charge in [-0.15, -0.1) is 0 Å². The lowest BCUT2D eigenvalue weighted by Crippen LogP contribution is -2.09. The predicted molar refractivity (Wildman–Crippen MR) is 63.9 cm³/mol. The van der Waals surface area contributed by atoms with E-state index in [1.165, 1.54) is 0 Å². The van der Waals surface area contributed by atoms with Crippen LogP contribution in [0.3, 0.4) is 0 Å². The molecule has 17 heavy (non-hydrogen) atoms. The Hall–Kier alpha value is -1.91. The summed E-state index contributed by atoms with van der Waals surface area (Å²) in [6.45, 7) is 4.72. The van der Waals surface area contributed by atoms with Gasteiger partial charge in [0, 0.05) is 26.2 Å². The first kappa shape index (κ1) is 11.6. The van der Waals surface area contributed by atoms with Gasteiger partial charge in [0.15, 0.2) is 5.78 Å². The SMILES string of the molecule is CCn1cc(CC(=O)c2cc(C)nn2C)cn1. The Bertz CT molecular complexity index is 538. The lowest BCUT2D eigenvalue weighted by atomic mass is 10.1. The van der Waals surface area contributed by atoms with Gasteiger partial charge in [-0.25, -0.2) is 0 Å². The van der Waals surface area contributed by atoms with E-state index in [4.69, 9.17) is 0 Å². The van der Waals surface area contributed by atoms with E-state index < -0.39 is 0 Å². The third-order valence-electron chi connectivity index (χ3n) is 2.66. The highest BCUT2D eigenvalue weighted by atomic mass is 16.1. The quantitative estimate of drug-likeness (QED) is 0.748. The summed E-state index contributed by atoms with van der Waals surface area (Å²) in [5, 5.41) is 8.32. The highest BCUT2D eigenvalue weighted by Gasteiger charge is 2.13. The van der Waals surface area contributed by atoms with E-state index in [1.807, 2.05) is 30.8 Å². The molecule has 0 aliphatic rings. The van der Waals surface area contributed by atoms with Gasteiger partial charge < -0.3 is 0 Å². The summed E-state index contributed by atoms with van der Waals surface area (Å²) in [5.41, 5.74) is 2.45. The highest BCUT2D eigenvalue weighted by Crippen LogP contribution is 2.08. The van der Waals surface area contributed by atoms with Gasteiger partial charge in [0.25, 0.3) is 0 Å². The Kier molecular flexibility index (Phi) is 3.08. The molecule has 5 nitrogen and oxygen atoms in total. The molecule has 0 radical (unpaired) electrons. The van der Waals surface area contributed by atoms with E-state index in [9.17, 15) is 4.79 Å². The first-order valence-electron chi connectivity index (χ1n) is 5.65. The lowest BCUT2D eigenvalue weighted by molar-refractivity contribution is 0.0984. The molecule has 0 saturated carbocycles. The molecule has 0 aromatic carbocycles. The van der Waals surface area contributed by atoms with Crippen molar-refractivity contribution in [2.75, 3.05) is 0 Å². The summed E-state index contributed by atoms with van der Waals surface area (Å²) in [6, 6.07) is 1.81. The molecule has 2 rings (SSSR count). The fourth-order valence-corrected chi connectivity index (χ4v) is 1.82. The lowest BCUT2D eigenvalue weighted by Gasteiger charge is -1.99. The minimum absolute atomic E-state index is 0.0729. The van der Waals surface area contributed by atoms with Crippen LogP contribution in [0.1, 0.15) is 28.7 Å². The number of nitrogens with zero attached hydrogens (tertiary/aromatic N) is 4. The number of carbonyl (C=O) groups excluding carboxylic acids is 1. The third-order valence-corrected chi connectivity index (χ3v) is 2.66. The Morgan fingerprint density at radius 2 is 2.24 bits per heavy atom. The molecule has 0 atom stereocenters. The van der Waals surface area contributed by atoms with Crippen LogP contribution in [0.2, 0.25) is 0 Å². The van der Waals surface area contributed by atoms with Crippen LogP contribution < -0.4 is 0 Å². The summed E-state index contributed by atoms with van der Waals surface area (Å²) in [4.78, 5) is 12.0. The zero-order chi connectivity index (χ0) is 12.4. The zero-order valence-electron chi connectivity index (χ0n) is 10.3. The Morgan fingerprint density at radius 3 is 2.76 bits per heavy atom. The fraction of sp³-hybridized carbons (Fsp3) is 0.417. The van der Waals surface area contributed by atoms with Crippen molar-refractivity contribution in [2.45, 2.75) is 26.8 Å². The Labute approximate surface area is 100 Å². The van der Waals surface area contributed by atoms with Gasteiger partial charge in [-0.05, 0) is 25.5 Å². The van der Waals surface area contributed by atoms with E-state index in [0.29, 0.717) is 12.1 Å². The molecule has 2 aromatic rings. The zero-order valence-corrected chi connectivity index (χ0v) is 10.3. The van der Waals surface area contributed by atoms with E-state index in [2.05, 4.69) is 10.2 Å². The second kappa shape index (κ2) is 4.53. The first-order valence-corrected chi connectivity index (χ1v) is 5.65. The molecule has 0 unspecified atom stereocenters. The van der Waals surface area contributed by atoms with E-state index >= 15 is 0 Å². The van der Waals surface area contributed by atoms with Gasteiger partial charge in [0.05, 0.1) is 11.9 Å². The number of hydrogen-bond acceptors (Lipinski definition) is 3. The molecule has 0 amide bonds. The van der Waals surface area contributed by atoms with Crippen molar-refractivity contribution >= 4 is 5.78 Å². The Balaban J connectivity index is 2.14. The van der Waals surface area contributed by atoms with Crippen molar-refractivity contribution in [3.05, 3.63) is 35.4 Å². The summed E-state index contributed by atoms with van der Waals surface area (Å²) in [5.74, 6) is 0.0729. The van der Waals surface area contributed by atoms with Crippen molar-refractivity contribution < 1.29 is 4.79 Å². The summed E-state index contributed by atoms with van der Waals surface area (Å²) in [6.07, 6.45) is 4.02. The maximum absolute atomic E-state index is 12.0. The number of Topliss-reactive ketones (excluding diaryl/α,β-unsaturated/α-hetero) is 1. The second-order valence-electron chi connectivity index (χ2n) is 4.10. The summed E-state index contributed by atoms with van der Waals surface area (Å²) in [7, 11) is 1.79. The van der Waals surface area contributed by atoms with Crippen LogP contribution in [0.25, 0.3) is 0 Å². The molecule has 0 bridgehead atoms. The minimum Gasteiger partial charge on any atom is -0.292 e.